The molecule has 0 saturated heterocycles. The fourth-order valence-corrected chi connectivity index (χ4v) is 10.9. The Bertz CT molecular complexity index is 2740. The summed E-state index contributed by atoms with van der Waals surface area (Å²) >= 11 is 0. The van der Waals surface area contributed by atoms with E-state index in [0.29, 0.717) is 0 Å². The minimum absolute atomic E-state index is 0.167. The van der Waals surface area contributed by atoms with Crippen molar-refractivity contribution < 1.29 is 0 Å². The maximum atomic E-state index is 2.65. The number of benzene rings is 7. The van der Waals surface area contributed by atoms with E-state index in [0.717, 1.165) is 11.4 Å². The summed E-state index contributed by atoms with van der Waals surface area (Å²) in [6.07, 6.45) is 4.75. The molecule has 0 saturated carbocycles. The molecule has 12 rings (SSSR count). The maximum absolute atomic E-state index is 2.65. The molecular formula is C52H43BN2. The summed E-state index contributed by atoms with van der Waals surface area (Å²) in [5.41, 5.74) is 26.2. The maximum Gasteiger partial charge on any atom is 0.247 e. The summed E-state index contributed by atoms with van der Waals surface area (Å²) in [5.74, 6) is 0. The predicted octanol–water partition coefficient (Wildman–Crippen LogP) is 10.6. The molecule has 2 heterocycles. The van der Waals surface area contributed by atoms with Gasteiger partial charge in [-0.3, -0.25) is 0 Å². The minimum Gasteiger partial charge on any atom is -0.311 e. The van der Waals surface area contributed by atoms with Gasteiger partial charge in [0.25, 0.3) is 0 Å². The van der Waals surface area contributed by atoms with E-state index in [2.05, 4.69) is 177 Å². The van der Waals surface area contributed by atoms with Crippen molar-refractivity contribution in [2.45, 2.75) is 64.2 Å². The van der Waals surface area contributed by atoms with Crippen molar-refractivity contribution >= 4 is 57.2 Å². The molecule has 0 N–H and O–H groups in total. The van der Waals surface area contributed by atoms with E-state index in [4.69, 9.17) is 0 Å². The second-order valence-corrected chi connectivity index (χ2v) is 17.6. The van der Waals surface area contributed by atoms with Crippen molar-refractivity contribution in [3.05, 3.63) is 184 Å². The summed E-state index contributed by atoms with van der Waals surface area (Å²) in [7, 11) is 0. The second-order valence-electron chi connectivity index (χ2n) is 17.6. The Balaban J connectivity index is 1.06. The lowest BCUT2D eigenvalue weighted by Crippen LogP contribution is -2.64. The molecule has 0 bridgehead atoms. The number of hydrogen-bond acceptors (Lipinski definition) is 2. The first-order valence-corrected chi connectivity index (χ1v) is 20.2. The standard InChI is InChI=1S/C52H43BN2/c1-51(2)42-16-11-17-48-50(42)53(47-27-34-20-21-35(34)28-49(47)55(48)38-23-22-32-18-19-33(32)26-38)46-31-44-41(30-45(46)51)40-25-24-39(29-43(40)52(44,3)4)54(36-12-7-5-8-13-36)37-14-9-6-10-15-37/h5-17,22-31H,18-21H2,1-4H3. The molecule has 5 aliphatic rings. The highest BCUT2D eigenvalue weighted by molar-refractivity contribution is 6.99. The van der Waals surface area contributed by atoms with Gasteiger partial charge >= 0.3 is 0 Å². The summed E-state index contributed by atoms with van der Waals surface area (Å²) < 4.78 is 0. The van der Waals surface area contributed by atoms with Gasteiger partial charge in [-0.25, -0.2) is 0 Å². The molecule has 264 valence electrons. The van der Waals surface area contributed by atoms with E-state index in [-0.39, 0.29) is 17.5 Å². The van der Waals surface area contributed by atoms with E-state index in [9.17, 15) is 0 Å². The van der Waals surface area contributed by atoms with Gasteiger partial charge in [0.1, 0.15) is 0 Å². The molecular weight excluding hydrogens is 663 g/mol. The van der Waals surface area contributed by atoms with Gasteiger partial charge in [-0.2, -0.15) is 0 Å². The van der Waals surface area contributed by atoms with Crippen molar-refractivity contribution in [3.8, 4) is 11.1 Å². The van der Waals surface area contributed by atoms with Crippen LogP contribution in [0.4, 0.5) is 34.1 Å². The second kappa shape index (κ2) is 10.9. The lowest BCUT2D eigenvalue weighted by atomic mass is 9.29. The van der Waals surface area contributed by atoms with Gasteiger partial charge in [0.2, 0.25) is 6.71 Å². The van der Waals surface area contributed by atoms with Gasteiger partial charge in [0.15, 0.2) is 0 Å². The highest BCUT2D eigenvalue weighted by Crippen LogP contribution is 2.53. The third kappa shape index (κ3) is 4.22. The normalized spacial score (nSPS) is 16.7. The highest BCUT2D eigenvalue weighted by atomic mass is 15.2. The molecule has 3 heteroatoms. The monoisotopic (exact) mass is 706 g/mol. The average Bonchev–Trinajstić information content (AvgIpc) is 3.40. The van der Waals surface area contributed by atoms with Crippen LogP contribution in [-0.4, -0.2) is 6.71 Å². The topological polar surface area (TPSA) is 6.48 Å². The van der Waals surface area contributed by atoms with E-state index >= 15 is 0 Å². The molecule has 0 amide bonds. The minimum atomic E-state index is -0.172. The van der Waals surface area contributed by atoms with Crippen molar-refractivity contribution in [1.29, 1.82) is 0 Å². The van der Waals surface area contributed by atoms with E-state index in [1.807, 2.05) is 0 Å². The number of para-hydroxylation sites is 2. The molecule has 0 aromatic heterocycles. The number of anilines is 6. The molecule has 0 unspecified atom stereocenters. The molecule has 3 aliphatic carbocycles. The lowest BCUT2D eigenvalue weighted by molar-refractivity contribution is 0.640. The van der Waals surface area contributed by atoms with Crippen LogP contribution in [0, 0.1) is 0 Å². The quantitative estimate of drug-likeness (QED) is 0.168. The SMILES string of the molecule is CC1(C)c2cc(N(c3ccccc3)c3ccccc3)ccc2-c2cc3c(cc21)B1c2cc4c(cc2N(c2ccc5c(c2)CC5)c2cccc(c21)C3(C)C)CC4. The Kier molecular flexibility index (Phi) is 6.26. The van der Waals surface area contributed by atoms with E-state index in [1.165, 1.54) is 120 Å². The summed E-state index contributed by atoms with van der Waals surface area (Å²) in [6.45, 7) is 10.0. The van der Waals surface area contributed by atoms with Gasteiger partial charge in [-0.15, -0.1) is 0 Å². The lowest BCUT2D eigenvalue weighted by Gasteiger charge is -2.46. The zero-order valence-corrected chi connectivity index (χ0v) is 32.1. The molecule has 7 aromatic carbocycles. The summed E-state index contributed by atoms with van der Waals surface area (Å²) in [4.78, 5) is 5.01. The van der Waals surface area contributed by atoms with Gasteiger partial charge in [0.05, 0.1) is 0 Å². The number of rotatable bonds is 4. The number of aryl methyl sites for hydroxylation is 4. The Morgan fingerprint density at radius 2 is 1.11 bits per heavy atom. The molecule has 2 nitrogen and oxygen atoms in total. The first-order valence-electron chi connectivity index (χ1n) is 20.2. The van der Waals surface area contributed by atoms with E-state index < -0.39 is 0 Å². The average molecular weight is 707 g/mol. The molecule has 2 aliphatic heterocycles. The largest absolute Gasteiger partial charge is 0.311 e. The predicted molar refractivity (Wildman–Crippen MR) is 231 cm³/mol. The van der Waals surface area contributed by atoms with Crippen LogP contribution < -0.4 is 26.2 Å². The van der Waals surface area contributed by atoms with Crippen molar-refractivity contribution in [3.63, 3.8) is 0 Å². The van der Waals surface area contributed by atoms with Crippen molar-refractivity contribution in [2.75, 3.05) is 9.80 Å². The van der Waals surface area contributed by atoms with Crippen molar-refractivity contribution in [2.24, 2.45) is 0 Å². The van der Waals surface area contributed by atoms with Crippen LogP contribution in [0.3, 0.4) is 0 Å². The van der Waals surface area contributed by atoms with Crippen LogP contribution in [0.15, 0.2) is 140 Å². The summed E-state index contributed by atoms with van der Waals surface area (Å²) in [5, 5.41) is 0. The van der Waals surface area contributed by atoms with Gasteiger partial charge < -0.3 is 9.80 Å². The molecule has 55 heavy (non-hydrogen) atoms. The van der Waals surface area contributed by atoms with Crippen LogP contribution in [0.1, 0.15) is 72.2 Å². The van der Waals surface area contributed by atoms with Gasteiger partial charge in [0, 0.05) is 45.0 Å². The Labute approximate surface area is 325 Å². The van der Waals surface area contributed by atoms with Crippen LogP contribution in [0.25, 0.3) is 11.1 Å². The van der Waals surface area contributed by atoms with Crippen LogP contribution >= 0.6 is 0 Å². The van der Waals surface area contributed by atoms with E-state index in [1.54, 1.807) is 0 Å². The first kappa shape index (κ1) is 31.5. The number of hydrogen-bond donors (Lipinski definition) is 0. The molecule has 0 fully saturated rings. The Morgan fingerprint density at radius 1 is 0.455 bits per heavy atom. The Morgan fingerprint density at radius 3 is 1.80 bits per heavy atom. The molecule has 0 radical (unpaired) electrons. The zero-order chi connectivity index (χ0) is 36.8. The third-order valence-electron chi connectivity index (χ3n) is 14.1. The van der Waals surface area contributed by atoms with Crippen LogP contribution in [0.5, 0.6) is 0 Å². The van der Waals surface area contributed by atoms with Crippen LogP contribution in [-0.2, 0) is 36.5 Å². The van der Waals surface area contributed by atoms with Crippen molar-refractivity contribution in [1.82, 2.24) is 0 Å². The molecule has 0 spiro atoms. The third-order valence-corrected chi connectivity index (χ3v) is 14.1. The molecule has 0 atom stereocenters. The van der Waals surface area contributed by atoms with Crippen LogP contribution in [0.2, 0.25) is 0 Å². The first-order chi connectivity index (χ1) is 26.8. The highest BCUT2D eigenvalue weighted by Gasteiger charge is 2.48. The zero-order valence-electron chi connectivity index (χ0n) is 32.1. The van der Waals surface area contributed by atoms with Gasteiger partial charge in [-0.05, 0) is 153 Å². The number of fused-ring (bicyclic) bond motifs is 9. The fraction of sp³-hybridized carbons (Fsp3) is 0.192. The number of nitrogens with zero attached hydrogens (tertiary/aromatic N) is 2. The summed E-state index contributed by atoms with van der Waals surface area (Å²) in [6, 6.07) is 53.5. The van der Waals surface area contributed by atoms with Gasteiger partial charge in [-0.1, -0.05) is 112 Å². The Hall–Kier alpha value is -5.80. The molecule has 7 aromatic rings. The smallest absolute Gasteiger partial charge is 0.247 e. The fourth-order valence-electron chi connectivity index (χ4n) is 10.9.